The lowest BCUT2D eigenvalue weighted by Gasteiger charge is -2.17. The summed E-state index contributed by atoms with van der Waals surface area (Å²) in [7, 11) is 0. The van der Waals surface area contributed by atoms with E-state index in [0.29, 0.717) is 13.0 Å². The number of ketones is 1. The molecule has 0 aliphatic rings. The summed E-state index contributed by atoms with van der Waals surface area (Å²) >= 11 is 0. The Hall–Kier alpha value is -1.82. The normalized spacial score (nSPS) is 13.6. The predicted octanol–water partition coefficient (Wildman–Crippen LogP) is 2.57. The molecule has 0 spiro atoms. The van der Waals surface area contributed by atoms with Crippen LogP contribution in [0.3, 0.4) is 0 Å². The number of benzene rings is 1. The number of ether oxygens (including phenoxy) is 1. The Bertz CT molecular complexity index is 394. The highest BCUT2D eigenvalue weighted by molar-refractivity contribution is 5.84. The van der Waals surface area contributed by atoms with Gasteiger partial charge in [0.15, 0.2) is 0 Å². The van der Waals surface area contributed by atoms with E-state index in [0.717, 1.165) is 5.75 Å². The maximum Gasteiger partial charge on any atom is 0.149 e. The molecule has 0 aliphatic carbocycles. The van der Waals surface area contributed by atoms with Gasteiger partial charge in [-0.25, -0.2) is 0 Å². The first-order valence-electron chi connectivity index (χ1n) is 5.18. The Morgan fingerprint density at radius 1 is 1.44 bits per heavy atom. The van der Waals surface area contributed by atoms with Crippen molar-refractivity contribution in [2.75, 3.05) is 6.61 Å². The fourth-order valence-electron chi connectivity index (χ4n) is 1.20. The van der Waals surface area contributed by atoms with Crippen molar-refractivity contribution < 1.29 is 9.53 Å². The molecule has 84 valence electrons. The van der Waals surface area contributed by atoms with Crippen LogP contribution in [0.1, 0.15) is 20.3 Å². The summed E-state index contributed by atoms with van der Waals surface area (Å²) in [6, 6.07) is 11.4. The molecule has 0 fully saturated rings. The summed E-state index contributed by atoms with van der Waals surface area (Å²) < 4.78 is 5.45. The monoisotopic (exact) mass is 217 g/mol. The van der Waals surface area contributed by atoms with Crippen LogP contribution in [0.5, 0.6) is 5.75 Å². The Kier molecular flexibility index (Phi) is 4.07. The van der Waals surface area contributed by atoms with Gasteiger partial charge in [0.1, 0.15) is 16.9 Å². The Labute approximate surface area is 95.7 Å². The van der Waals surface area contributed by atoms with E-state index in [1.807, 2.05) is 36.4 Å². The minimum absolute atomic E-state index is 0.119. The minimum atomic E-state index is -0.936. The molecule has 0 heterocycles. The van der Waals surface area contributed by atoms with Crippen molar-refractivity contribution in [1.29, 1.82) is 5.26 Å². The Balaban J connectivity index is 2.47. The maximum atomic E-state index is 11.3. The second-order valence-corrected chi connectivity index (χ2v) is 3.91. The Morgan fingerprint density at radius 3 is 2.56 bits per heavy atom. The number of carbonyl (C=O) groups is 1. The lowest BCUT2D eigenvalue weighted by atomic mass is 9.85. The molecule has 0 N–H and O–H groups in total. The average molecular weight is 217 g/mol. The van der Waals surface area contributed by atoms with Crippen molar-refractivity contribution in [1.82, 2.24) is 0 Å². The molecular formula is C13H15NO2. The van der Waals surface area contributed by atoms with Gasteiger partial charge in [-0.2, -0.15) is 5.26 Å². The molecule has 3 heteroatoms. The van der Waals surface area contributed by atoms with E-state index >= 15 is 0 Å². The zero-order valence-corrected chi connectivity index (χ0v) is 9.56. The van der Waals surface area contributed by atoms with Crippen LogP contribution >= 0.6 is 0 Å². The van der Waals surface area contributed by atoms with E-state index in [2.05, 4.69) is 0 Å². The van der Waals surface area contributed by atoms with Crippen LogP contribution in [-0.4, -0.2) is 12.4 Å². The standard InChI is InChI=1S/C13H15NO2/c1-11(15)13(2,10-14)8-9-16-12-6-4-3-5-7-12/h3-7H,8-9H2,1-2H3. The van der Waals surface area contributed by atoms with Gasteiger partial charge in [-0.1, -0.05) is 18.2 Å². The van der Waals surface area contributed by atoms with Crippen molar-refractivity contribution >= 4 is 5.78 Å². The van der Waals surface area contributed by atoms with Gasteiger partial charge in [-0.15, -0.1) is 0 Å². The topological polar surface area (TPSA) is 50.1 Å². The van der Waals surface area contributed by atoms with Gasteiger partial charge >= 0.3 is 0 Å². The zero-order chi connectivity index (χ0) is 12.0. The first kappa shape index (κ1) is 12.3. The van der Waals surface area contributed by atoms with Crippen LogP contribution in [0.25, 0.3) is 0 Å². The molecule has 0 radical (unpaired) electrons. The maximum absolute atomic E-state index is 11.3. The molecule has 1 rings (SSSR count). The third-order valence-electron chi connectivity index (χ3n) is 2.64. The summed E-state index contributed by atoms with van der Waals surface area (Å²) in [5.41, 5.74) is -0.936. The number of rotatable bonds is 5. The first-order valence-corrected chi connectivity index (χ1v) is 5.18. The van der Waals surface area contributed by atoms with E-state index < -0.39 is 5.41 Å². The first-order chi connectivity index (χ1) is 7.58. The molecule has 1 unspecified atom stereocenters. The number of hydrogen-bond donors (Lipinski definition) is 0. The smallest absolute Gasteiger partial charge is 0.149 e. The van der Waals surface area contributed by atoms with E-state index in [1.165, 1.54) is 6.92 Å². The molecule has 1 aromatic rings. The number of carbonyl (C=O) groups excluding carboxylic acids is 1. The van der Waals surface area contributed by atoms with Gasteiger partial charge in [-0.3, -0.25) is 4.79 Å². The van der Waals surface area contributed by atoms with Gasteiger partial charge in [0.25, 0.3) is 0 Å². The van der Waals surface area contributed by atoms with E-state index in [1.54, 1.807) is 6.92 Å². The van der Waals surface area contributed by atoms with Crippen molar-refractivity contribution in [2.24, 2.45) is 5.41 Å². The molecular weight excluding hydrogens is 202 g/mol. The average Bonchev–Trinajstić information content (AvgIpc) is 2.30. The van der Waals surface area contributed by atoms with Crippen LogP contribution < -0.4 is 4.74 Å². The van der Waals surface area contributed by atoms with Crippen molar-refractivity contribution in [2.45, 2.75) is 20.3 Å². The second kappa shape index (κ2) is 5.32. The van der Waals surface area contributed by atoms with Gasteiger partial charge in [0, 0.05) is 6.42 Å². The molecule has 0 saturated carbocycles. The highest BCUT2D eigenvalue weighted by Gasteiger charge is 2.29. The van der Waals surface area contributed by atoms with Gasteiger partial charge < -0.3 is 4.74 Å². The number of nitriles is 1. The summed E-state index contributed by atoms with van der Waals surface area (Å²) in [5, 5.41) is 8.93. The molecule has 0 aromatic heterocycles. The molecule has 1 atom stereocenters. The minimum Gasteiger partial charge on any atom is -0.494 e. The van der Waals surface area contributed by atoms with Crippen LogP contribution in [0.15, 0.2) is 30.3 Å². The van der Waals surface area contributed by atoms with Crippen molar-refractivity contribution in [3.05, 3.63) is 30.3 Å². The van der Waals surface area contributed by atoms with E-state index in [-0.39, 0.29) is 5.78 Å². The fraction of sp³-hybridized carbons (Fsp3) is 0.385. The molecule has 16 heavy (non-hydrogen) atoms. The van der Waals surface area contributed by atoms with Gasteiger partial charge in [-0.05, 0) is 26.0 Å². The summed E-state index contributed by atoms with van der Waals surface area (Å²) in [4.78, 5) is 11.3. The van der Waals surface area contributed by atoms with Gasteiger partial charge in [0.2, 0.25) is 0 Å². The Morgan fingerprint density at radius 2 is 2.06 bits per heavy atom. The fourth-order valence-corrected chi connectivity index (χ4v) is 1.20. The molecule has 3 nitrogen and oxygen atoms in total. The van der Waals surface area contributed by atoms with Crippen LogP contribution in [0, 0.1) is 16.7 Å². The number of hydrogen-bond acceptors (Lipinski definition) is 3. The zero-order valence-electron chi connectivity index (χ0n) is 9.56. The van der Waals surface area contributed by atoms with Crippen LogP contribution in [0.2, 0.25) is 0 Å². The summed E-state index contributed by atoms with van der Waals surface area (Å²) in [6.45, 7) is 3.45. The number of nitrogens with zero attached hydrogens (tertiary/aromatic N) is 1. The largest absolute Gasteiger partial charge is 0.494 e. The van der Waals surface area contributed by atoms with Gasteiger partial charge in [0.05, 0.1) is 12.7 Å². The molecule has 0 saturated heterocycles. The number of Topliss-reactive ketones (excluding diaryl/α,β-unsaturated/α-hetero) is 1. The quantitative estimate of drug-likeness (QED) is 0.761. The van der Waals surface area contributed by atoms with Crippen molar-refractivity contribution in [3.8, 4) is 11.8 Å². The highest BCUT2D eigenvalue weighted by atomic mass is 16.5. The highest BCUT2D eigenvalue weighted by Crippen LogP contribution is 2.22. The van der Waals surface area contributed by atoms with E-state index in [4.69, 9.17) is 10.00 Å². The second-order valence-electron chi connectivity index (χ2n) is 3.91. The predicted molar refractivity (Wildman–Crippen MR) is 61.0 cm³/mol. The van der Waals surface area contributed by atoms with Crippen molar-refractivity contribution in [3.63, 3.8) is 0 Å². The number of para-hydroxylation sites is 1. The molecule has 0 amide bonds. The lowest BCUT2D eigenvalue weighted by molar-refractivity contribution is -0.123. The van der Waals surface area contributed by atoms with Crippen LogP contribution in [-0.2, 0) is 4.79 Å². The molecule has 0 bridgehead atoms. The molecule has 0 aliphatic heterocycles. The summed E-state index contributed by atoms with van der Waals surface area (Å²) in [5.74, 6) is 0.637. The SMILES string of the molecule is CC(=O)C(C)(C#N)CCOc1ccccc1. The van der Waals surface area contributed by atoms with E-state index in [9.17, 15) is 4.79 Å². The third-order valence-corrected chi connectivity index (χ3v) is 2.64. The third kappa shape index (κ3) is 3.09. The lowest BCUT2D eigenvalue weighted by Crippen LogP contribution is -2.25. The summed E-state index contributed by atoms with van der Waals surface area (Å²) in [6.07, 6.45) is 0.410. The molecule has 1 aromatic carbocycles. The van der Waals surface area contributed by atoms with Crippen LogP contribution in [0.4, 0.5) is 0 Å².